The first-order valence-electron chi connectivity index (χ1n) is 6.92. The van der Waals surface area contributed by atoms with E-state index in [0.717, 1.165) is 19.4 Å². The fraction of sp³-hybridized carbons (Fsp3) is 0.500. The lowest BCUT2D eigenvalue weighted by molar-refractivity contribution is 0.276. The highest BCUT2D eigenvalue weighted by atomic mass is 32.1. The Morgan fingerprint density at radius 2 is 2.26 bits per heavy atom. The Bertz CT molecular complexity index is 578. The molecular weight excluding hydrogens is 252 g/mol. The van der Waals surface area contributed by atoms with Gasteiger partial charge >= 0.3 is 0 Å². The van der Waals surface area contributed by atoms with E-state index in [0.29, 0.717) is 5.41 Å². The summed E-state index contributed by atoms with van der Waals surface area (Å²) in [4.78, 5) is 0. The average molecular weight is 274 g/mol. The molecule has 2 heterocycles. The van der Waals surface area contributed by atoms with Crippen LogP contribution in [0, 0.1) is 12.3 Å². The van der Waals surface area contributed by atoms with Gasteiger partial charge in [0.25, 0.3) is 0 Å². The molecule has 2 aromatic heterocycles. The molecule has 2 N–H and O–H groups in total. The molecule has 0 aromatic carbocycles. The average Bonchev–Trinajstić information content (AvgIpc) is 2.90. The van der Waals surface area contributed by atoms with E-state index in [1.54, 1.807) is 11.3 Å². The van der Waals surface area contributed by atoms with Crippen LogP contribution in [-0.2, 0) is 13.0 Å². The Morgan fingerprint density at radius 3 is 2.95 bits per heavy atom. The summed E-state index contributed by atoms with van der Waals surface area (Å²) in [5.41, 5.74) is 12.2. The van der Waals surface area contributed by atoms with E-state index < -0.39 is 0 Å². The predicted octanol–water partition coefficient (Wildman–Crippen LogP) is 3.88. The van der Waals surface area contributed by atoms with Gasteiger partial charge < -0.3 is 10.3 Å². The van der Waals surface area contributed by atoms with Crippen molar-refractivity contribution >= 4 is 11.3 Å². The highest BCUT2D eigenvalue weighted by Gasteiger charge is 2.33. The molecule has 0 radical (unpaired) electrons. The van der Waals surface area contributed by atoms with Gasteiger partial charge in [0.05, 0.1) is 0 Å². The van der Waals surface area contributed by atoms with E-state index in [1.807, 2.05) is 0 Å². The lowest BCUT2D eigenvalue weighted by atomic mass is 9.74. The number of hydrogen-bond acceptors (Lipinski definition) is 2. The van der Waals surface area contributed by atoms with E-state index in [-0.39, 0.29) is 6.04 Å². The first kappa shape index (κ1) is 12.9. The molecular formula is C16H22N2S. The van der Waals surface area contributed by atoms with Crippen molar-refractivity contribution in [2.24, 2.45) is 11.1 Å². The molecule has 2 aromatic rings. The van der Waals surface area contributed by atoms with Gasteiger partial charge in [-0.15, -0.1) is 0 Å². The second-order valence-corrected chi connectivity index (χ2v) is 7.34. The molecule has 0 amide bonds. The van der Waals surface area contributed by atoms with E-state index in [9.17, 15) is 0 Å². The molecule has 19 heavy (non-hydrogen) atoms. The minimum Gasteiger partial charge on any atom is -0.344 e. The Labute approximate surface area is 119 Å². The second-order valence-electron chi connectivity index (χ2n) is 6.56. The zero-order valence-corrected chi connectivity index (χ0v) is 12.8. The quantitative estimate of drug-likeness (QED) is 0.885. The largest absolute Gasteiger partial charge is 0.344 e. The molecule has 102 valence electrons. The summed E-state index contributed by atoms with van der Waals surface area (Å²) < 4.78 is 2.46. The van der Waals surface area contributed by atoms with E-state index in [1.165, 1.54) is 22.5 Å². The Morgan fingerprint density at radius 1 is 1.47 bits per heavy atom. The highest BCUT2D eigenvalue weighted by molar-refractivity contribution is 7.07. The van der Waals surface area contributed by atoms with Crippen LogP contribution in [0.2, 0.25) is 0 Å². The summed E-state index contributed by atoms with van der Waals surface area (Å²) in [7, 11) is 0. The molecule has 0 aliphatic heterocycles. The van der Waals surface area contributed by atoms with Gasteiger partial charge in [-0.1, -0.05) is 13.8 Å². The standard InChI is InChI=1S/C16H22N2S/c1-11-6-13-14(17)7-16(2,3)8-15(13)18(11)9-12-4-5-19-10-12/h4-6,10,14H,7-9,17H2,1-3H3. The molecule has 0 saturated heterocycles. The summed E-state index contributed by atoms with van der Waals surface area (Å²) in [6.07, 6.45) is 2.22. The molecule has 0 saturated carbocycles. The Balaban J connectivity index is 2.02. The predicted molar refractivity (Wildman–Crippen MR) is 81.6 cm³/mol. The number of fused-ring (bicyclic) bond motifs is 1. The van der Waals surface area contributed by atoms with E-state index >= 15 is 0 Å². The third kappa shape index (κ3) is 2.37. The van der Waals surface area contributed by atoms with Gasteiger partial charge in [0, 0.05) is 24.0 Å². The van der Waals surface area contributed by atoms with Crippen molar-refractivity contribution < 1.29 is 0 Å². The zero-order chi connectivity index (χ0) is 13.6. The zero-order valence-electron chi connectivity index (χ0n) is 11.9. The van der Waals surface area contributed by atoms with Crippen molar-refractivity contribution in [2.45, 2.75) is 46.2 Å². The molecule has 1 aliphatic carbocycles. The number of aryl methyl sites for hydroxylation is 1. The molecule has 2 nitrogen and oxygen atoms in total. The van der Waals surface area contributed by atoms with Crippen LogP contribution in [0.25, 0.3) is 0 Å². The van der Waals surface area contributed by atoms with Crippen molar-refractivity contribution in [1.29, 1.82) is 0 Å². The molecule has 0 spiro atoms. The van der Waals surface area contributed by atoms with Crippen molar-refractivity contribution in [3.05, 3.63) is 45.4 Å². The number of hydrogen-bond donors (Lipinski definition) is 1. The second kappa shape index (κ2) is 4.50. The summed E-state index contributed by atoms with van der Waals surface area (Å²) in [6.45, 7) is 7.83. The smallest absolute Gasteiger partial charge is 0.0483 e. The van der Waals surface area contributed by atoms with Gasteiger partial charge in [-0.2, -0.15) is 11.3 Å². The Kier molecular flexibility index (Phi) is 3.06. The first-order chi connectivity index (χ1) is 8.96. The third-order valence-electron chi connectivity index (χ3n) is 4.19. The number of aromatic nitrogens is 1. The SMILES string of the molecule is Cc1cc2c(n1Cc1ccsc1)CC(C)(C)CC2N. The van der Waals surface area contributed by atoms with Crippen molar-refractivity contribution in [3.8, 4) is 0 Å². The normalized spacial score (nSPS) is 21.4. The summed E-state index contributed by atoms with van der Waals surface area (Å²) in [6, 6.07) is 4.70. The minimum absolute atomic E-state index is 0.196. The van der Waals surface area contributed by atoms with Gasteiger partial charge in [-0.05, 0) is 59.2 Å². The third-order valence-corrected chi connectivity index (χ3v) is 4.92. The topological polar surface area (TPSA) is 30.9 Å². The van der Waals surface area contributed by atoms with Gasteiger partial charge in [0.2, 0.25) is 0 Å². The Hall–Kier alpha value is -1.06. The van der Waals surface area contributed by atoms with Crippen LogP contribution in [0.3, 0.4) is 0 Å². The maximum absolute atomic E-state index is 6.37. The van der Waals surface area contributed by atoms with Crippen molar-refractivity contribution in [3.63, 3.8) is 0 Å². The fourth-order valence-corrected chi connectivity index (χ4v) is 3.95. The fourth-order valence-electron chi connectivity index (χ4n) is 3.29. The number of rotatable bonds is 2. The number of nitrogens with zero attached hydrogens (tertiary/aromatic N) is 1. The van der Waals surface area contributed by atoms with Crippen molar-refractivity contribution in [2.75, 3.05) is 0 Å². The summed E-state index contributed by atoms with van der Waals surface area (Å²) >= 11 is 1.77. The van der Waals surface area contributed by atoms with Crippen LogP contribution >= 0.6 is 11.3 Å². The molecule has 3 heteroatoms. The summed E-state index contributed by atoms with van der Waals surface area (Å²) in [5.74, 6) is 0. The molecule has 3 rings (SSSR count). The first-order valence-corrected chi connectivity index (χ1v) is 7.86. The van der Waals surface area contributed by atoms with Gasteiger partial charge in [0.15, 0.2) is 0 Å². The number of nitrogens with two attached hydrogens (primary N) is 1. The highest BCUT2D eigenvalue weighted by Crippen LogP contribution is 2.41. The molecule has 1 atom stereocenters. The van der Waals surface area contributed by atoms with E-state index in [4.69, 9.17) is 5.73 Å². The lowest BCUT2D eigenvalue weighted by Gasteiger charge is -2.34. The van der Waals surface area contributed by atoms with Crippen LogP contribution in [0.5, 0.6) is 0 Å². The maximum Gasteiger partial charge on any atom is 0.0483 e. The lowest BCUT2D eigenvalue weighted by Crippen LogP contribution is -2.30. The molecule has 0 fully saturated rings. The van der Waals surface area contributed by atoms with E-state index in [2.05, 4.69) is 48.2 Å². The molecule has 0 bridgehead atoms. The van der Waals surface area contributed by atoms with Crippen LogP contribution < -0.4 is 5.73 Å². The van der Waals surface area contributed by atoms with Crippen LogP contribution in [0.4, 0.5) is 0 Å². The van der Waals surface area contributed by atoms with Crippen LogP contribution in [-0.4, -0.2) is 4.57 Å². The minimum atomic E-state index is 0.196. The monoisotopic (exact) mass is 274 g/mol. The maximum atomic E-state index is 6.37. The van der Waals surface area contributed by atoms with Gasteiger partial charge in [-0.25, -0.2) is 0 Å². The number of thiophene rings is 1. The van der Waals surface area contributed by atoms with Crippen LogP contribution in [0.15, 0.2) is 22.9 Å². The summed E-state index contributed by atoms with van der Waals surface area (Å²) in [5, 5.41) is 4.38. The molecule has 1 aliphatic rings. The van der Waals surface area contributed by atoms with Crippen molar-refractivity contribution in [1.82, 2.24) is 4.57 Å². The van der Waals surface area contributed by atoms with Crippen LogP contribution in [0.1, 0.15) is 48.8 Å². The van der Waals surface area contributed by atoms with Gasteiger partial charge in [-0.3, -0.25) is 0 Å². The van der Waals surface area contributed by atoms with Gasteiger partial charge in [0.1, 0.15) is 0 Å². The molecule has 1 unspecified atom stereocenters.